The van der Waals surface area contributed by atoms with Crippen LogP contribution in [0, 0.1) is 0 Å². The Kier molecular flexibility index (Phi) is 8.92. The highest BCUT2D eigenvalue weighted by atomic mass is 35.5. The largest absolute Gasteiger partial charge is 0.461 e. The van der Waals surface area contributed by atoms with Crippen molar-refractivity contribution in [3.05, 3.63) is 53.6 Å². The zero-order valence-electron chi connectivity index (χ0n) is 14.4. The summed E-state index contributed by atoms with van der Waals surface area (Å²) < 4.78 is 5.28. The van der Waals surface area contributed by atoms with Gasteiger partial charge < -0.3 is 9.64 Å². The molecule has 0 heterocycles. The molecule has 0 bridgehead atoms. The number of hydrogen-bond acceptors (Lipinski definition) is 3. The molecular formula is C20H25Cl2NO2. The van der Waals surface area contributed by atoms with E-state index in [1.165, 1.54) is 5.56 Å². The Morgan fingerprint density at radius 3 is 2.44 bits per heavy atom. The molecule has 0 radical (unpaired) electrons. The quantitative estimate of drug-likeness (QED) is 0.410. The second-order valence-electron chi connectivity index (χ2n) is 5.96. The van der Waals surface area contributed by atoms with Crippen LogP contribution in [0.3, 0.4) is 0 Å². The zero-order valence-corrected chi connectivity index (χ0v) is 15.9. The number of carbonyl (C=O) groups is 1. The molecule has 1 aliphatic carbocycles. The summed E-state index contributed by atoms with van der Waals surface area (Å²) in [7, 11) is 0. The van der Waals surface area contributed by atoms with E-state index in [-0.39, 0.29) is 5.97 Å². The fraction of sp³-hybridized carbons (Fsp3) is 0.450. The van der Waals surface area contributed by atoms with Crippen LogP contribution in [-0.4, -0.2) is 37.4 Å². The van der Waals surface area contributed by atoms with E-state index in [9.17, 15) is 4.79 Å². The Labute approximate surface area is 160 Å². The standard InChI is InChI=1S/C20H25Cl2NO2/c21-12-14-23(15-13-22)19-10-8-17(9-11-19)6-3-7-20(24)25-16-18-4-1-2-5-18/h1,4-5,8-11H,2-3,6-7,12-16H2. The molecular weight excluding hydrogens is 357 g/mol. The van der Waals surface area contributed by atoms with E-state index in [2.05, 4.69) is 41.3 Å². The predicted molar refractivity (Wildman–Crippen MR) is 106 cm³/mol. The third-order valence-electron chi connectivity index (χ3n) is 4.10. The lowest BCUT2D eigenvalue weighted by Gasteiger charge is -2.23. The summed E-state index contributed by atoms with van der Waals surface area (Å²) in [6.07, 6.45) is 9.19. The van der Waals surface area contributed by atoms with Gasteiger partial charge in [-0.25, -0.2) is 0 Å². The molecule has 25 heavy (non-hydrogen) atoms. The number of nitrogens with zero attached hydrogens (tertiary/aromatic N) is 1. The van der Waals surface area contributed by atoms with Gasteiger partial charge in [-0.15, -0.1) is 23.2 Å². The summed E-state index contributed by atoms with van der Waals surface area (Å²) in [5, 5.41) is 0. The number of halogens is 2. The summed E-state index contributed by atoms with van der Waals surface area (Å²) >= 11 is 11.7. The molecule has 0 atom stereocenters. The topological polar surface area (TPSA) is 29.5 Å². The van der Waals surface area contributed by atoms with Gasteiger partial charge in [0.15, 0.2) is 0 Å². The van der Waals surface area contributed by atoms with Gasteiger partial charge in [-0.3, -0.25) is 4.79 Å². The summed E-state index contributed by atoms with van der Waals surface area (Å²) in [6, 6.07) is 8.38. The second-order valence-corrected chi connectivity index (χ2v) is 6.72. The van der Waals surface area contributed by atoms with Crippen LogP contribution in [0.4, 0.5) is 5.69 Å². The highest BCUT2D eigenvalue weighted by molar-refractivity contribution is 6.18. The lowest BCUT2D eigenvalue weighted by atomic mass is 10.1. The minimum absolute atomic E-state index is 0.131. The first kappa shape index (κ1) is 19.9. The molecule has 0 aliphatic heterocycles. The molecule has 2 rings (SSSR count). The van der Waals surface area contributed by atoms with Crippen LogP contribution in [0.5, 0.6) is 0 Å². The van der Waals surface area contributed by atoms with Gasteiger partial charge >= 0.3 is 5.97 Å². The zero-order chi connectivity index (χ0) is 17.9. The molecule has 0 unspecified atom stereocenters. The van der Waals surface area contributed by atoms with Gasteiger partial charge in [-0.05, 0) is 42.5 Å². The fourth-order valence-corrected chi connectivity index (χ4v) is 3.14. The van der Waals surface area contributed by atoms with Crippen molar-refractivity contribution in [3.8, 4) is 0 Å². The van der Waals surface area contributed by atoms with E-state index in [1.54, 1.807) is 0 Å². The van der Waals surface area contributed by atoms with Crippen molar-refractivity contribution in [2.24, 2.45) is 0 Å². The van der Waals surface area contributed by atoms with Gasteiger partial charge in [-0.1, -0.05) is 30.4 Å². The molecule has 136 valence electrons. The van der Waals surface area contributed by atoms with E-state index in [1.807, 2.05) is 6.08 Å². The molecule has 1 aromatic rings. The Morgan fingerprint density at radius 1 is 1.12 bits per heavy atom. The second kappa shape index (κ2) is 11.2. The van der Waals surface area contributed by atoms with Crippen LogP contribution in [-0.2, 0) is 16.0 Å². The van der Waals surface area contributed by atoms with Crippen molar-refractivity contribution in [1.29, 1.82) is 0 Å². The van der Waals surface area contributed by atoms with Crippen LogP contribution in [0.2, 0.25) is 0 Å². The van der Waals surface area contributed by atoms with E-state index in [4.69, 9.17) is 27.9 Å². The molecule has 0 saturated heterocycles. The number of ether oxygens (including phenoxy) is 1. The maximum absolute atomic E-state index is 11.8. The monoisotopic (exact) mass is 381 g/mol. The third kappa shape index (κ3) is 7.13. The molecule has 3 nitrogen and oxygen atoms in total. The smallest absolute Gasteiger partial charge is 0.306 e. The first-order valence-corrected chi connectivity index (χ1v) is 9.77. The van der Waals surface area contributed by atoms with Crippen LogP contribution in [0.1, 0.15) is 24.8 Å². The van der Waals surface area contributed by atoms with Crippen LogP contribution in [0.15, 0.2) is 48.1 Å². The Balaban J connectivity index is 1.71. The first-order chi connectivity index (χ1) is 12.2. The normalized spacial score (nSPS) is 13.0. The van der Waals surface area contributed by atoms with Crippen molar-refractivity contribution < 1.29 is 9.53 Å². The van der Waals surface area contributed by atoms with Gasteiger partial charge in [0.2, 0.25) is 0 Å². The Morgan fingerprint density at radius 2 is 1.84 bits per heavy atom. The average molecular weight is 382 g/mol. The maximum Gasteiger partial charge on any atom is 0.306 e. The Hall–Kier alpha value is -1.45. The molecule has 0 saturated carbocycles. The van der Waals surface area contributed by atoms with Crippen molar-refractivity contribution in [3.63, 3.8) is 0 Å². The molecule has 0 N–H and O–H groups in total. The number of benzene rings is 1. The van der Waals surface area contributed by atoms with Gasteiger partial charge in [0.05, 0.1) is 0 Å². The maximum atomic E-state index is 11.8. The SMILES string of the molecule is O=C(CCCc1ccc(N(CCCl)CCCl)cc1)OCC1=CCC=C1. The van der Waals surface area contributed by atoms with E-state index in [0.717, 1.165) is 43.6 Å². The number of rotatable bonds is 11. The van der Waals surface area contributed by atoms with Gasteiger partial charge in [0.25, 0.3) is 0 Å². The third-order valence-corrected chi connectivity index (χ3v) is 4.44. The predicted octanol–water partition coefficient (Wildman–Crippen LogP) is 4.72. The molecule has 0 fully saturated rings. The Bertz CT molecular complexity index is 590. The number of hydrogen-bond donors (Lipinski definition) is 0. The lowest BCUT2D eigenvalue weighted by molar-refractivity contribution is -0.142. The molecule has 5 heteroatoms. The summed E-state index contributed by atoms with van der Waals surface area (Å²) in [5.74, 6) is 1.02. The molecule has 0 spiro atoms. The lowest BCUT2D eigenvalue weighted by Crippen LogP contribution is -2.27. The van der Waals surface area contributed by atoms with Gasteiger partial charge in [0, 0.05) is 37.0 Å². The number of aryl methyl sites for hydroxylation is 1. The number of alkyl halides is 2. The van der Waals surface area contributed by atoms with Crippen LogP contribution < -0.4 is 4.90 Å². The van der Waals surface area contributed by atoms with Crippen molar-refractivity contribution in [2.75, 3.05) is 36.4 Å². The fourth-order valence-electron chi connectivity index (χ4n) is 2.73. The minimum atomic E-state index is -0.131. The van der Waals surface area contributed by atoms with Gasteiger partial charge in [0.1, 0.15) is 6.61 Å². The number of esters is 1. The van der Waals surface area contributed by atoms with E-state index >= 15 is 0 Å². The number of carbonyl (C=O) groups excluding carboxylic acids is 1. The van der Waals surface area contributed by atoms with Gasteiger partial charge in [-0.2, -0.15) is 0 Å². The summed E-state index contributed by atoms with van der Waals surface area (Å²) in [6.45, 7) is 1.96. The van der Waals surface area contributed by atoms with Crippen molar-refractivity contribution >= 4 is 34.9 Å². The van der Waals surface area contributed by atoms with E-state index < -0.39 is 0 Å². The molecule has 0 amide bonds. The van der Waals surface area contributed by atoms with Crippen LogP contribution >= 0.6 is 23.2 Å². The summed E-state index contributed by atoms with van der Waals surface area (Å²) in [4.78, 5) is 13.9. The number of allylic oxidation sites excluding steroid dienone is 2. The average Bonchev–Trinajstić information content (AvgIpc) is 3.14. The highest BCUT2D eigenvalue weighted by Crippen LogP contribution is 2.17. The van der Waals surface area contributed by atoms with E-state index in [0.29, 0.717) is 24.8 Å². The molecule has 1 aromatic carbocycles. The van der Waals surface area contributed by atoms with Crippen LogP contribution in [0.25, 0.3) is 0 Å². The number of anilines is 1. The molecule has 0 aromatic heterocycles. The molecule has 1 aliphatic rings. The summed E-state index contributed by atoms with van der Waals surface area (Å²) in [5.41, 5.74) is 3.43. The first-order valence-electron chi connectivity index (χ1n) is 8.70. The highest BCUT2D eigenvalue weighted by Gasteiger charge is 2.07. The minimum Gasteiger partial charge on any atom is -0.461 e. The van der Waals surface area contributed by atoms with Crippen molar-refractivity contribution in [2.45, 2.75) is 25.7 Å². The van der Waals surface area contributed by atoms with Crippen molar-refractivity contribution in [1.82, 2.24) is 0 Å².